The van der Waals surface area contributed by atoms with E-state index in [0.29, 0.717) is 18.0 Å². The number of hydrogen-bond donors (Lipinski definition) is 1. The quantitative estimate of drug-likeness (QED) is 0.525. The maximum atomic E-state index is 14.1. The van der Waals surface area contributed by atoms with Crippen LogP contribution in [0.25, 0.3) is 0 Å². The van der Waals surface area contributed by atoms with Crippen LogP contribution in [0.1, 0.15) is 6.92 Å². The van der Waals surface area contributed by atoms with Gasteiger partial charge in [-0.1, -0.05) is 24.3 Å². The second-order valence-corrected chi connectivity index (χ2v) is 10.2. The number of nitrogens with zero attached hydrogens (tertiary/aromatic N) is 2. The van der Waals surface area contributed by atoms with Crippen molar-refractivity contribution < 1.29 is 29.0 Å². The highest BCUT2D eigenvalue weighted by Crippen LogP contribution is 2.61. The van der Waals surface area contributed by atoms with E-state index in [1.807, 2.05) is 30.4 Å². The van der Waals surface area contributed by atoms with Crippen molar-refractivity contribution in [1.82, 2.24) is 4.90 Å². The number of benzene rings is 1. The molecule has 5 rings (SSSR count). The van der Waals surface area contributed by atoms with Crippen LogP contribution in [0.15, 0.2) is 48.6 Å². The molecule has 2 amide bonds. The number of ether oxygens (including phenoxy) is 2. The number of anilines is 1. The lowest BCUT2D eigenvalue weighted by molar-refractivity contribution is -0.152. The number of amides is 2. The van der Waals surface area contributed by atoms with Crippen molar-refractivity contribution in [3.63, 3.8) is 0 Å². The van der Waals surface area contributed by atoms with Crippen LogP contribution in [0, 0.1) is 11.8 Å². The van der Waals surface area contributed by atoms with E-state index in [9.17, 15) is 19.5 Å². The molecular weight excluding hydrogens is 444 g/mol. The fourth-order valence-electron chi connectivity index (χ4n) is 5.46. The second-order valence-electron chi connectivity index (χ2n) is 8.73. The fraction of sp³-hybridized carbons (Fsp3) is 0.458. The van der Waals surface area contributed by atoms with Crippen LogP contribution >= 0.6 is 11.8 Å². The van der Waals surface area contributed by atoms with Crippen LogP contribution in [0.4, 0.5) is 5.69 Å². The van der Waals surface area contributed by atoms with Gasteiger partial charge in [-0.2, -0.15) is 0 Å². The molecule has 33 heavy (non-hydrogen) atoms. The molecule has 1 spiro atoms. The van der Waals surface area contributed by atoms with Crippen molar-refractivity contribution in [2.75, 3.05) is 31.8 Å². The summed E-state index contributed by atoms with van der Waals surface area (Å²) in [7, 11) is 1.58. The Morgan fingerprint density at radius 2 is 1.97 bits per heavy atom. The Balaban J connectivity index is 1.61. The monoisotopic (exact) mass is 470 g/mol. The lowest BCUT2D eigenvalue weighted by Gasteiger charge is -2.37. The van der Waals surface area contributed by atoms with Gasteiger partial charge >= 0.3 is 5.97 Å². The van der Waals surface area contributed by atoms with Crippen LogP contribution in [0.2, 0.25) is 0 Å². The highest BCUT2D eigenvalue weighted by molar-refractivity contribution is 8.02. The van der Waals surface area contributed by atoms with Crippen LogP contribution in [-0.4, -0.2) is 76.7 Å². The molecule has 2 fully saturated rings. The summed E-state index contributed by atoms with van der Waals surface area (Å²) in [5.74, 6) is -1.67. The molecule has 0 aromatic heterocycles. The topological polar surface area (TPSA) is 96.4 Å². The number of aliphatic hydroxyl groups is 1. The molecule has 4 aliphatic rings. The molecule has 9 heteroatoms. The fourth-order valence-corrected chi connectivity index (χ4v) is 7.45. The van der Waals surface area contributed by atoms with Gasteiger partial charge in [-0.15, -0.1) is 11.8 Å². The molecule has 1 aromatic carbocycles. The Hall–Kier alpha value is -2.78. The summed E-state index contributed by atoms with van der Waals surface area (Å²) in [6.07, 6.45) is 7.56. The summed E-state index contributed by atoms with van der Waals surface area (Å²) >= 11 is 1.48. The number of carbonyl (C=O) groups is 3. The Kier molecular flexibility index (Phi) is 5.49. The molecule has 1 N–H and O–H groups in total. The number of carbonyl (C=O) groups excluding carboxylic acids is 3. The summed E-state index contributed by atoms with van der Waals surface area (Å²) in [6.45, 7) is 1.95. The highest BCUT2D eigenvalue weighted by Gasteiger charge is 2.71. The average molecular weight is 471 g/mol. The third-order valence-electron chi connectivity index (χ3n) is 6.97. The molecule has 174 valence electrons. The predicted molar refractivity (Wildman–Crippen MR) is 123 cm³/mol. The zero-order valence-corrected chi connectivity index (χ0v) is 19.2. The summed E-state index contributed by atoms with van der Waals surface area (Å²) in [6, 6.07) is 5.76. The van der Waals surface area contributed by atoms with Gasteiger partial charge in [-0.25, -0.2) is 0 Å². The molecule has 2 saturated heterocycles. The number of likely N-dealkylation sites (tertiary alicyclic amines) is 1. The first-order valence-corrected chi connectivity index (χ1v) is 11.9. The normalized spacial score (nSPS) is 33.7. The number of aliphatic hydroxyl groups excluding tert-OH is 1. The minimum absolute atomic E-state index is 0.181. The van der Waals surface area contributed by atoms with Crippen molar-refractivity contribution in [2.24, 2.45) is 11.8 Å². The number of cyclic esters (lactones) is 1. The molecule has 0 radical (unpaired) electrons. The molecule has 6 atom stereocenters. The number of rotatable bonds is 4. The lowest BCUT2D eigenvalue weighted by atomic mass is 9.78. The third-order valence-corrected chi connectivity index (χ3v) is 8.72. The standard InChI is InChI=1S/C24H26N2O6S/c1-14(13-27)26-20-22(29)25(15-6-8-16(31-2)9-7-15)11-4-10-24(20)19(21(26)28)18-17(33-24)5-3-12-32-23(18)30/h3-10,14,17-20,27H,11-13H2,1-2H3/t14-,17-,18+,19+,20?,24+/m1/s1. The molecule has 8 nitrogen and oxygen atoms in total. The van der Waals surface area contributed by atoms with E-state index < -0.39 is 34.6 Å². The van der Waals surface area contributed by atoms with Crippen LogP contribution in [-0.2, 0) is 19.1 Å². The molecule has 4 heterocycles. The van der Waals surface area contributed by atoms with Gasteiger partial charge in [0.25, 0.3) is 5.91 Å². The summed E-state index contributed by atoms with van der Waals surface area (Å²) in [5, 5.41) is 9.67. The van der Waals surface area contributed by atoms with E-state index in [2.05, 4.69) is 0 Å². The number of fused-ring (bicyclic) bond motifs is 2. The number of methoxy groups -OCH3 is 1. The Bertz CT molecular complexity index is 1040. The maximum absolute atomic E-state index is 14.1. The van der Waals surface area contributed by atoms with Gasteiger partial charge in [0.2, 0.25) is 5.91 Å². The van der Waals surface area contributed by atoms with Crippen molar-refractivity contribution in [2.45, 2.75) is 29.0 Å². The van der Waals surface area contributed by atoms with Crippen LogP contribution in [0.5, 0.6) is 5.75 Å². The summed E-state index contributed by atoms with van der Waals surface area (Å²) in [4.78, 5) is 43.9. The van der Waals surface area contributed by atoms with Crippen molar-refractivity contribution in [3.8, 4) is 5.75 Å². The van der Waals surface area contributed by atoms with E-state index >= 15 is 0 Å². The highest BCUT2D eigenvalue weighted by atomic mass is 32.2. The predicted octanol–water partition coefficient (Wildman–Crippen LogP) is 1.39. The molecule has 0 saturated carbocycles. The molecule has 1 unspecified atom stereocenters. The van der Waals surface area contributed by atoms with Gasteiger partial charge in [-0.3, -0.25) is 14.4 Å². The van der Waals surface area contributed by atoms with E-state index in [-0.39, 0.29) is 30.3 Å². The van der Waals surface area contributed by atoms with E-state index in [4.69, 9.17) is 9.47 Å². The minimum atomic E-state index is -0.922. The molecule has 4 aliphatic heterocycles. The molecule has 1 aromatic rings. The van der Waals surface area contributed by atoms with Crippen molar-refractivity contribution in [3.05, 3.63) is 48.6 Å². The van der Waals surface area contributed by atoms with E-state index in [1.54, 1.807) is 37.1 Å². The summed E-state index contributed by atoms with van der Waals surface area (Å²) in [5.41, 5.74) is 0.687. The van der Waals surface area contributed by atoms with Crippen molar-refractivity contribution >= 4 is 35.2 Å². The first-order chi connectivity index (χ1) is 15.9. The smallest absolute Gasteiger partial charge is 0.311 e. The first-order valence-electron chi connectivity index (χ1n) is 11.0. The molecular formula is C24H26N2O6S. The average Bonchev–Trinajstić information content (AvgIpc) is 3.13. The third kappa shape index (κ3) is 3.20. The van der Waals surface area contributed by atoms with E-state index in [1.165, 1.54) is 16.7 Å². The molecule has 0 bridgehead atoms. The SMILES string of the molecule is COc1ccc(N2CC=C[C@]34S[C@@H]5C=CCOC(=O)[C@@H]5[C@H]3C(=O)N([C@H](C)CO)C4C2=O)cc1. The van der Waals surface area contributed by atoms with Gasteiger partial charge < -0.3 is 24.4 Å². The van der Waals surface area contributed by atoms with Crippen LogP contribution < -0.4 is 9.64 Å². The van der Waals surface area contributed by atoms with Gasteiger partial charge in [0.05, 0.1) is 36.3 Å². The number of esters is 1. The van der Waals surface area contributed by atoms with E-state index in [0.717, 1.165) is 0 Å². The Labute approximate surface area is 196 Å². The summed E-state index contributed by atoms with van der Waals surface area (Å²) < 4.78 is 9.66. The Morgan fingerprint density at radius 1 is 1.21 bits per heavy atom. The largest absolute Gasteiger partial charge is 0.497 e. The zero-order chi connectivity index (χ0) is 23.3. The number of hydrogen-bond acceptors (Lipinski definition) is 7. The number of thioether (sulfide) groups is 1. The van der Waals surface area contributed by atoms with Gasteiger partial charge in [-0.05, 0) is 31.2 Å². The van der Waals surface area contributed by atoms with Crippen LogP contribution in [0.3, 0.4) is 0 Å². The lowest BCUT2D eigenvalue weighted by Crippen LogP contribution is -2.56. The zero-order valence-electron chi connectivity index (χ0n) is 18.4. The van der Waals surface area contributed by atoms with Gasteiger partial charge in [0, 0.05) is 17.5 Å². The Morgan fingerprint density at radius 3 is 2.67 bits per heavy atom. The molecule has 0 aliphatic carbocycles. The van der Waals surface area contributed by atoms with Gasteiger partial charge in [0.15, 0.2) is 0 Å². The second kappa shape index (κ2) is 8.22. The first kappa shape index (κ1) is 22.0. The minimum Gasteiger partial charge on any atom is -0.497 e. The maximum Gasteiger partial charge on any atom is 0.311 e. The van der Waals surface area contributed by atoms with Gasteiger partial charge in [0.1, 0.15) is 18.4 Å². The van der Waals surface area contributed by atoms with Crippen molar-refractivity contribution in [1.29, 1.82) is 0 Å².